The maximum Gasteiger partial charge on any atom is 0.307 e. The summed E-state index contributed by atoms with van der Waals surface area (Å²) in [6.07, 6.45) is 5.12. The van der Waals surface area contributed by atoms with Crippen LogP contribution in [-0.2, 0) is 26.4 Å². The highest BCUT2D eigenvalue weighted by Gasteiger charge is 2.44. The summed E-state index contributed by atoms with van der Waals surface area (Å²) in [4.78, 5) is 26.7. The standard InChI is InChI=1S/C35H37N3O3S/c1-3-41-34(40)21-24-38-23-19-32(36-38)25-28-26-37(22-20-33(28)42-27(2)39)35(29-13-7-4-8-14-29,30-15-9-5-10-16-30)31-17-11-6-12-18-31/h4-19,23,25,33H,3,20-22,24,26H2,1-2H3/b28-25+/t33-/m1/s1. The molecule has 0 radical (unpaired) electrons. The largest absolute Gasteiger partial charge is 0.466 e. The van der Waals surface area contributed by atoms with Gasteiger partial charge < -0.3 is 4.74 Å². The molecule has 1 aliphatic rings. The summed E-state index contributed by atoms with van der Waals surface area (Å²) < 4.78 is 6.84. The van der Waals surface area contributed by atoms with Crippen LogP contribution in [0.25, 0.3) is 6.08 Å². The van der Waals surface area contributed by atoms with Gasteiger partial charge >= 0.3 is 5.97 Å². The van der Waals surface area contributed by atoms with E-state index >= 15 is 0 Å². The Hall–Kier alpha value is -3.94. The minimum Gasteiger partial charge on any atom is -0.466 e. The first kappa shape index (κ1) is 29.5. The second-order valence-corrected chi connectivity index (χ2v) is 11.8. The van der Waals surface area contributed by atoms with E-state index in [1.165, 1.54) is 28.5 Å². The molecule has 7 heteroatoms. The van der Waals surface area contributed by atoms with E-state index in [4.69, 9.17) is 9.84 Å². The summed E-state index contributed by atoms with van der Waals surface area (Å²) in [5, 5.41) is 4.90. The number of likely N-dealkylation sites (tertiary alicyclic amines) is 1. The summed E-state index contributed by atoms with van der Waals surface area (Å²) >= 11 is 1.40. The fourth-order valence-electron chi connectivity index (χ4n) is 5.91. The lowest BCUT2D eigenvalue weighted by molar-refractivity contribution is -0.143. The van der Waals surface area contributed by atoms with Gasteiger partial charge in [-0.1, -0.05) is 103 Å². The molecule has 1 fully saturated rings. The van der Waals surface area contributed by atoms with Crippen LogP contribution in [-0.4, -0.2) is 50.7 Å². The number of aromatic nitrogens is 2. The molecule has 1 aliphatic heterocycles. The molecule has 2 heterocycles. The monoisotopic (exact) mass is 579 g/mol. The number of benzene rings is 3. The quantitative estimate of drug-likeness (QED) is 0.157. The molecule has 4 aromatic rings. The molecule has 216 valence electrons. The smallest absolute Gasteiger partial charge is 0.307 e. The minimum absolute atomic E-state index is 0.0588. The van der Waals surface area contributed by atoms with Crippen molar-refractivity contribution < 1.29 is 14.3 Å². The molecule has 1 aromatic heterocycles. The van der Waals surface area contributed by atoms with E-state index in [0.717, 1.165) is 24.2 Å². The van der Waals surface area contributed by atoms with E-state index < -0.39 is 5.54 Å². The van der Waals surface area contributed by atoms with Crippen LogP contribution in [0.1, 0.15) is 49.1 Å². The highest BCUT2D eigenvalue weighted by molar-refractivity contribution is 8.14. The summed E-state index contributed by atoms with van der Waals surface area (Å²) in [6.45, 7) is 5.76. The van der Waals surface area contributed by atoms with E-state index in [9.17, 15) is 9.59 Å². The number of rotatable bonds is 10. The Morgan fingerprint density at radius 2 is 1.50 bits per heavy atom. The number of thioether (sulfide) groups is 1. The summed E-state index contributed by atoms with van der Waals surface area (Å²) in [6, 6.07) is 34.1. The van der Waals surface area contributed by atoms with E-state index in [0.29, 0.717) is 19.7 Å². The van der Waals surface area contributed by atoms with Crippen molar-refractivity contribution in [3.8, 4) is 0 Å². The number of hydrogen-bond acceptors (Lipinski definition) is 6. The Balaban J connectivity index is 1.56. The van der Waals surface area contributed by atoms with Crippen molar-refractivity contribution in [3.63, 3.8) is 0 Å². The van der Waals surface area contributed by atoms with Crippen molar-refractivity contribution >= 4 is 28.9 Å². The number of esters is 1. The molecule has 0 spiro atoms. The number of nitrogens with zero attached hydrogens (tertiary/aromatic N) is 3. The molecule has 0 bridgehead atoms. The zero-order chi connectivity index (χ0) is 29.4. The Morgan fingerprint density at radius 1 is 0.929 bits per heavy atom. The first-order valence-corrected chi connectivity index (χ1v) is 15.4. The Morgan fingerprint density at radius 3 is 2.02 bits per heavy atom. The second-order valence-electron chi connectivity index (χ2n) is 10.4. The van der Waals surface area contributed by atoms with Crippen LogP contribution in [0.2, 0.25) is 0 Å². The molecule has 6 nitrogen and oxygen atoms in total. The van der Waals surface area contributed by atoms with Gasteiger partial charge in [-0.05, 0) is 47.8 Å². The van der Waals surface area contributed by atoms with Crippen molar-refractivity contribution in [3.05, 3.63) is 131 Å². The zero-order valence-electron chi connectivity index (χ0n) is 24.2. The first-order valence-electron chi connectivity index (χ1n) is 14.5. The van der Waals surface area contributed by atoms with Crippen LogP contribution in [0.15, 0.2) is 109 Å². The van der Waals surface area contributed by atoms with Gasteiger partial charge in [0.25, 0.3) is 0 Å². The average Bonchev–Trinajstić information content (AvgIpc) is 3.46. The van der Waals surface area contributed by atoms with Crippen molar-refractivity contribution in [2.75, 3.05) is 19.7 Å². The van der Waals surface area contributed by atoms with Gasteiger partial charge in [0.2, 0.25) is 0 Å². The summed E-state index contributed by atoms with van der Waals surface area (Å²) in [7, 11) is 0. The van der Waals surface area contributed by atoms with Gasteiger partial charge in [-0.25, -0.2) is 0 Å². The molecule has 1 saturated heterocycles. The van der Waals surface area contributed by atoms with Gasteiger partial charge in [-0.3, -0.25) is 19.2 Å². The van der Waals surface area contributed by atoms with Crippen LogP contribution >= 0.6 is 11.8 Å². The van der Waals surface area contributed by atoms with E-state index in [1.54, 1.807) is 18.5 Å². The number of hydrogen-bond donors (Lipinski definition) is 0. The molecular formula is C35H37N3O3S. The van der Waals surface area contributed by atoms with E-state index in [2.05, 4.69) is 102 Å². The lowest BCUT2D eigenvalue weighted by Crippen LogP contribution is -2.52. The molecule has 0 unspecified atom stereocenters. The minimum atomic E-state index is -0.534. The number of aryl methyl sites for hydroxylation is 1. The first-order chi connectivity index (χ1) is 20.5. The summed E-state index contributed by atoms with van der Waals surface area (Å²) in [5.41, 5.74) is 5.03. The third-order valence-corrected chi connectivity index (χ3v) is 8.81. The normalized spacial score (nSPS) is 16.8. The van der Waals surface area contributed by atoms with Crippen LogP contribution < -0.4 is 0 Å². The van der Waals surface area contributed by atoms with E-state index in [1.807, 2.05) is 12.3 Å². The Labute approximate surface area is 252 Å². The summed E-state index contributed by atoms with van der Waals surface area (Å²) in [5.74, 6) is -0.229. The fourth-order valence-corrected chi connectivity index (χ4v) is 6.83. The van der Waals surface area contributed by atoms with Crippen molar-refractivity contribution in [2.24, 2.45) is 0 Å². The Kier molecular flexibility index (Phi) is 9.72. The van der Waals surface area contributed by atoms with Crippen molar-refractivity contribution in [2.45, 2.75) is 44.0 Å². The van der Waals surface area contributed by atoms with E-state index in [-0.39, 0.29) is 22.8 Å². The van der Waals surface area contributed by atoms with Crippen LogP contribution in [0.5, 0.6) is 0 Å². The van der Waals surface area contributed by atoms with Crippen LogP contribution in [0.4, 0.5) is 0 Å². The highest BCUT2D eigenvalue weighted by Crippen LogP contribution is 2.45. The third-order valence-electron chi connectivity index (χ3n) is 7.65. The zero-order valence-corrected chi connectivity index (χ0v) is 25.0. The highest BCUT2D eigenvalue weighted by atomic mass is 32.2. The third kappa shape index (κ3) is 6.58. The molecule has 3 aromatic carbocycles. The molecular weight excluding hydrogens is 542 g/mol. The topological polar surface area (TPSA) is 64.4 Å². The van der Waals surface area contributed by atoms with Gasteiger partial charge in [0.05, 0.1) is 30.8 Å². The number of carbonyl (C=O) groups excluding carboxylic acids is 2. The predicted octanol–water partition coefficient (Wildman–Crippen LogP) is 6.57. The lowest BCUT2D eigenvalue weighted by atomic mass is 9.74. The molecule has 42 heavy (non-hydrogen) atoms. The molecule has 5 rings (SSSR count). The van der Waals surface area contributed by atoms with Crippen molar-refractivity contribution in [1.29, 1.82) is 0 Å². The Bertz CT molecular complexity index is 1410. The van der Waals surface area contributed by atoms with Crippen molar-refractivity contribution in [1.82, 2.24) is 14.7 Å². The fraction of sp³-hybridized carbons (Fsp3) is 0.286. The van der Waals surface area contributed by atoms with Gasteiger partial charge in [-0.15, -0.1) is 0 Å². The maximum atomic E-state index is 12.3. The van der Waals surface area contributed by atoms with Crippen LogP contribution in [0, 0.1) is 0 Å². The predicted molar refractivity (Wildman–Crippen MR) is 169 cm³/mol. The second kappa shape index (κ2) is 13.8. The lowest BCUT2D eigenvalue weighted by Gasteiger charge is -2.49. The average molecular weight is 580 g/mol. The molecule has 0 amide bonds. The number of ether oxygens (including phenoxy) is 1. The number of carbonyl (C=O) groups is 2. The van der Waals surface area contributed by atoms with Gasteiger partial charge in [-0.2, -0.15) is 5.10 Å². The van der Waals surface area contributed by atoms with Crippen LogP contribution in [0.3, 0.4) is 0 Å². The van der Waals surface area contributed by atoms with Gasteiger partial charge in [0.1, 0.15) is 0 Å². The van der Waals surface area contributed by atoms with Gasteiger partial charge in [0.15, 0.2) is 5.12 Å². The molecule has 0 saturated carbocycles. The SMILES string of the molecule is CCOC(=O)CCn1ccc(/C=C2\CN(C(c3ccccc3)(c3ccccc3)c3ccccc3)CC[C@H]2SC(C)=O)n1. The molecule has 1 atom stereocenters. The molecule has 0 aliphatic carbocycles. The molecule has 0 N–H and O–H groups in total. The number of piperidine rings is 1. The maximum absolute atomic E-state index is 12.3. The van der Waals surface area contributed by atoms with Gasteiger partial charge in [0, 0.05) is 31.5 Å².